The smallest absolute Gasteiger partial charge is 0.231 e. The molecule has 2 rings (SSSR count). The van der Waals surface area contributed by atoms with Crippen LogP contribution in [0.1, 0.15) is 45.6 Å². The molecule has 1 aromatic rings. The van der Waals surface area contributed by atoms with Gasteiger partial charge in [0.1, 0.15) is 4.33 Å². The molecule has 1 unspecified atom stereocenters. The summed E-state index contributed by atoms with van der Waals surface area (Å²) in [6.07, 6.45) is 2.30. The lowest BCUT2D eigenvalue weighted by molar-refractivity contribution is -0.137. The summed E-state index contributed by atoms with van der Waals surface area (Å²) >= 11 is 12.4. The van der Waals surface area contributed by atoms with Crippen LogP contribution in [0.3, 0.4) is 0 Å². The van der Waals surface area contributed by atoms with Gasteiger partial charge in [-0.05, 0) is 43.9 Å². The lowest BCUT2D eigenvalue weighted by atomic mass is 10.1. The fourth-order valence-corrected chi connectivity index (χ4v) is 3.56. The lowest BCUT2D eigenvalue weighted by Crippen LogP contribution is -2.38. The highest BCUT2D eigenvalue weighted by atomic mass is 35.5. The Balaban J connectivity index is 2.15. The second-order valence-electron chi connectivity index (χ2n) is 6.77. The number of carbonyl (C=O) groups excluding carboxylic acids is 1. The fourth-order valence-electron chi connectivity index (χ4n) is 2.87. The minimum absolute atomic E-state index is 0.00428. The Kier molecular flexibility index (Phi) is 6.50. The van der Waals surface area contributed by atoms with Gasteiger partial charge in [0.2, 0.25) is 5.91 Å². The average molecular weight is 388 g/mol. The topological polar surface area (TPSA) is 38.8 Å². The molecule has 0 heterocycles. The first-order valence-corrected chi connectivity index (χ1v) is 9.51. The van der Waals surface area contributed by atoms with Crippen molar-refractivity contribution in [3.63, 3.8) is 0 Å². The minimum atomic E-state index is -0.953. The van der Waals surface area contributed by atoms with Crippen LogP contribution in [0.2, 0.25) is 0 Å². The van der Waals surface area contributed by atoms with Crippen molar-refractivity contribution in [1.29, 1.82) is 0 Å². The van der Waals surface area contributed by atoms with Gasteiger partial charge in [-0.1, -0.05) is 19.9 Å². The monoisotopic (exact) mass is 387 g/mol. The average Bonchev–Trinajstić information content (AvgIpc) is 3.11. The summed E-state index contributed by atoms with van der Waals surface area (Å²) in [4.78, 5) is 14.7. The van der Waals surface area contributed by atoms with Crippen LogP contribution in [0.25, 0.3) is 0 Å². The van der Waals surface area contributed by atoms with Crippen LogP contribution in [-0.4, -0.2) is 35.4 Å². The van der Waals surface area contributed by atoms with Gasteiger partial charge in [-0.25, -0.2) is 0 Å². The summed E-state index contributed by atoms with van der Waals surface area (Å²) in [7, 11) is 1.62. The standard InChI is InChI=1S/C19H27Cl2NO3/c1-5-9-22(17(23)18(3)13-19(18,20)21)12-14-7-8-15(25-10-6-2)16(11-14)24-4/h7-8,11H,5-6,9-10,12-13H2,1-4H3. The van der Waals surface area contributed by atoms with Gasteiger partial charge in [-0.15, -0.1) is 23.2 Å². The molecule has 140 valence electrons. The molecule has 1 amide bonds. The molecule has 6 heteroatoms. The highest BCUT2D eigenvalue weighted by Crippen LogP contribution is 2.64. The zero-order valence-electron chi connectivity index (χ0n) is 15.4. The van der Waals surface area contributed by atoms with Gasteiger partial charge >= 0.3 is 0 Å². The molecule has 1 saturated carbocycles. The molecule has 1 fully saturated rings. The summed E-state index contributed by atoms with van der Waals surface area (Å²) in [6, 6.07) is 5.78. The molecule has 0 N–H and O–H groups in total. The first kappa shape index (κ1) is 20.2. The third-order valence-electron chi connectivity index (χ3n) is 4.57. The van der Waals surface area contributed by atoms with Crippen LogP contribution in [0.15, 0.2) is 18.2 Å². The third kappa shape index (κ3) is 4.35. The Morgan fingerprint density at radius 3 is 2.44 bits per heavy atom. The van der Waals surface area contributed by atoms with Gasteiger partial charge < -0.3 is 14.4 Å². The van der Waals surface area contributed by atoms with Gasteiger partial charge in [0.25, 0.3) is 0 Å². The number of nitrogens with zero attached hydrogens (tertiary/aromatic N) is 1. The van der Waals surface area contributed by atoms with Crippen LogP contribution in [-0.2, 0) is 11.3 Å². The Morgan fingerprint density at radius 1 is 1.24 bits per heavy atom. The van der Waals surface area contributed by atoms with Crippen molar-refractivity contribution in [2.45, 2.75) is 50.9 Å². The van der Waals surface area contributed by atoms with Crippen LogP contribution in [0.4, 0.5) is 0 Å². The van der Waals surface area contributed by atoms with Gasteiger partial charge in [0.05, 0.1) is 19.1 Å². The predicted octanol–water partition coefficient (Wildman–Crippen LogP) is 4.81. The fraction of sp³-hybridized carbons (Fsp3) is 0.632. The van der Waals surface area contributed by atoms with E-state index in [-0.39, 0.29) is 5.91 Å². The predicted molar refractivity (Wildman–Crippen MR) is 102 cm³/mol. The zero-order valence-corrected chi connectivity index (χ0v) is 16.9. The molecular formula is C19H27Cl2NO3. The van der Waals surface area contributed by atoms with E-state index in [1.807, 2.05) is 36.9 Å². The molecule has 4 nitrogen and oxygen atoms in total. The highest BCUT2D eigenvalue weighted by molar-refractivity contribution is 6.53. The first-order chi connectivity index (χ1) is 11.8. The second kappa shape index (κ2) is 8.05. The Morgan fingerprint density at radius 2 is 1.92 bits per heavy atom. The molecule has 0 bridgehead atoms. The number of carbonyl (C=O) groups is 1. The molecule has 25 heavy (non-hydrogen) atoms. The van der Waals surface area contributed by atoms with Crippen LogP contribution in [0, 0.1) is 5.41 Å². The SMILES string of the molecule is CCCOc1ccc(CN(CCC)C(=O)C2(C)CC2(Cl)Cl)cc1OC. The van der Waals surface area contributed by atoms with E-state index >= 15 is 0 Å². The Labute approximate surface area is 160 Å². The summed E-state index contributed by atoms with van der Waals surface area (Å²) in [5.74, 6) is 1.40. The van der Waals surface area contributed by atoms with Crippen molar-refractivity contribution in [1.82, 2.24) is 4.90 Å². The number of alkyl halides is 2. The second-order valence-corrected chi connectivity index (χ2v) is 8.26. The maximum atomic E-state index is 12.9. The zero-order chi connectivity index (χ0) is 18.7. The number of methoxy groups -OCH3 is 1. The van der Waals surface area contributed by atoms with Gasteiger partial charge in [-0.3, -0.25) is 4.79 Å². The van der Waals surface area contributed by atoms with Crippen molar-refractivity contribution < 1.29 is 14.3 Å². The molecule has 1 aliphatic rings. The highest BCUT2D eigenvalue weighted by Gasteiger charge is 2.68. The maximum Gasteiger partial charge on any atom is 0.231 e. The van der Waals surface area contributed by atoms with Crippen LogP contribution < -0.4 is 9.47 Å². The number of ether oxygens (including phenoxy) is 2. The molecule has 0 aliphatic heterocycles. The van der Waals surface area contributed by atoms with E-state index < -0.39 is 9.75 Å². The summed E-state index contributed by atoms with van der Waals surface area (Å²) in [5, 5.41) is 0. The Bertz CT molecular complexity index is 621. The largest absolute Gasteiger partial charge is 0.493 e. The quantitative estimate of drug-likeness (QED) is 0.570. The number of rotatable bonds is 9. The number of hydrogen-bond acceptors (Lipinski definition) is 3. The van der Waals surface area contributed by atoms with Gasteiger partial charge in [0, 0.05) is 13.1 Å². The summed E-state index contributed by atoms with van der Waals surface area (Å²) in [5.41, 5.74) is 0.293. The van der Waals surface area contributed by atoms with E-state index in [2.05, 4.69) is 6.92 Å². The lowest BCUT2D eigenvalue weighted by Gasteiger charge is -2.26. The summed E-state index contributed by atoms with van der Waals surface area (Å²) in [6.45, 7) is 7.74. The van der Waals surface area contributed by atoms with E-state index in [0.29, 0.717) is 31.9 Å². The summed E-state index contributed by atoms with van der Waals surface area (Å²) < 4.78 is 10.2. The van der Waals surface area contributed by atoms with E-state index in [0.717, 1.165) is 24.2 Å². The van der Waals surface area contributed by atoms with E-state index in [1.165, 1.54) is 0 Å². The third-order valence-corrected chi connectivity index (χ3v) is 5.68. The molecule has 1 aromatic carbocycles. The van der Waals surface area contributed by atoms with Gasteiger partial charge in [0.15, 0.2) is 11.5 Å². The molecule has 1 aliphatic carbocycles. The van der Waals surface area contributed by atoms with Crippen molar-refractivity contribution in [2.24, 2.45) is 5.41 Å². The van der Waals surface area contributed by atoms with Crippen molar-refractivity contribution >= 4 is 29.1 Å². The molecule has 0 radical (unpaired) electrons. The van der Waals surface area contributed by atoms with Crippen LogP contribution >= 0.6 is 23.2 Å². The van der Waals surface area contributed by atoms with Crippen molar-refractivity contribution in [2.75, 3.05) is 20.3 Å². The number of halogens is 2. The van der Waals surface area contributed by atoms with E-state index in [9.17, 15) is 4.79 Å². The minimum Gasteiger partial charge on any atom is -0.493 e. The molecule has 1 atom stereocenters. The van der Waals surface area contributed by atoms with Crippen molar-refractivity contribution in [3.8, 4) is 11.5 Å². The van der Waals surface area contributed by atoms with E-state index in [4.69, 9.17) is 32.7 Å². The molecule has 0 aromatic heterocycles. The first-order valence-electron chi connectivity index (χ1n) is 8.76. The molecular weight excluding hydrogens is 361 g/mol. The Hall–Kier alpha value is -1.13. The number of benzene rings is 1. The van der Waals surface area contributed by atoms with E-state index in [1.54, 1.807) is 7.11 Å². The van der Waals surface area contributed by atoms with Gasteiger partial charge in [-0.2, -0.15) is 0 Å². The number of hydrogen-bond donors (Lipinski definition) is 0. The molecule has 0 saturated heterocycles. The van der Waals surface area contributed by atoms with Crippen molar-refractivity contribution in [3.05, 3.63) is 23.8 Å². The molecule has 0 spiro atoms. The number of amides is 1. The van der Waals surface area contributed by atoms with Crippen LogP contribution in [0.5, 0.6) is 11.5 Å². The normalized spacial score (nSPS) is 20.9. The maximum absolute atomic E-state index is 12.9.